The van der Waals surface area contributed by atoms with Crippen molar-refractivity contribution in [3.63, 3.8) is 0 Å². The van der Waals surface area contributed by atoms with Crippen LogP contribution >= 0.6 is 0 Å². The van der Waals surface area contributed by atoms with Crippen molar-refractivity contribution in [2.75, 3.05) is 0 Å². The Morgan fingerprint density at radius 1 is 0.291 bits per heavy atom. The summed E-state index contributed by atoms with van der Waals surface area (Å²) in [5.41, 5.74) is 12.7. The van der Waals surface area contributed by atoms with Gasteiger partial charge in [-0.3, -0.25) is 0 Å². The predicted molar refractivity (Wildman–Crippen MR) is 225 cm³/mol. The Labute approximate surface area is 318 Å². The van der Waals surface area contributed by atoms with E-state index in [1.165, 1.54) is 60.7 Å². The van der Waals surface area contributed by atoms with Gasteiger partial charge in [0.05, 0.1) is 5.41 Å². The third-order valence-electron chi connectivity index (χ3n) is 11.9. The second-order valence-corrected chi connectivity index (χ2v) is 14.7. The standard InChI is InChI=1S/C52H31N3/c1-3-15-34-29-36(27-25-32(34)13-1)49-53-50(37-28-26-33-14-2-4-16-35(33)30-37)55-51(54-49)43-31-47-48(41-20-6-5-17-38(41)43)42-21-9-12-24-46(42)52(47)44-22-10-7-18-39(44)40-19-8-11-23-45(40)52/h1-31H. The van der Waals surface area contributed by atoms with Gasteiger partial charge in [-0.05, 0) is 95.0 Å². The van der Waals surface area contributed by atoms with Crippen LogP contribution in [0.3, 0.4) is 0 Å². The summed E-state index contributed by atoms with van der Waals surface area (Å²) in [5, 5.41) is 6.98. The molecule has 1 aromatic heterocycles. The maximum atomic E-state index is 5.37. The number of fused-ring (bicyclic) bond motifs is 14. The molecular weight excluding hydrogens is 667 g/mol. The van der Waals surface area contributed by atoms with Gasteiger partial charge in [0.25, 0.3) is 0 Å². The molecule has 2 aliphatic carbocycles. The summed E-state index contributed by atoms with van der Waals surface area (Å²) in [6.45, 7) is 0. The number of aromatic nitrogens is 3. The van der Waals surface area contributed by atoms with Gasteiger partial charge >= 0.3 is 0 Å². The summed E-state index contributed by atoms with van der Waals surface area (Å²) in [7, 11) is 0. The predicted octanol–water partition coefficient (Wildman–Crippen LogP) is 12.7. The third kappa shape index (κ3) is 4.24. The smallest absolute Gasteiger partial charge is 0.164 e. The Bertz CT molecular complexity index is 3090. The van der Waals surface area contributed by atoms with Crippen LogP contribution in [-0.2, 0) is 5.41 Å². The summed E-state index contributed by atoms with van der Waals surface area (Å²) >= 11 is 0. The zero-order valence-corrected chi connectivity index (χ0v) is 29.7. The molecule has 0 amide bonds. The van der Waals surface area contributed by atoms with E-state index < -0.39 is 5.41 Å². The van der Waals surface area contributed by atoms with E-state index in [0.717, 1.165) is 32.8 Å². The maximum absolute atomic E-state index is 5.37. The molecule has 1 spiro atoms. The van der Waals surface area contributed by atoms with Crippen LogP contribution in [-0.4, -0.2) is 15.0 Å². The second kappa shape index (κ2) is 11.4. The first-order valence-corrected chi connectivity index (χ1v) is 18.9. The molecule has 254 valence electrons. The SMILES string of the molecule is c1ccc2c(c1)-c1ccccc1C21c2ccccc2-c2c1cc(-c1nc(-c3ccc4ccccc4c3)nc(-c3ccc4ccccc4c3)n1)c1ccccc21. The zero-order chi connectivity index (χ0) is 36.1. The normalized spacial score (nSPS) is 13.2. The van der Waals surface area contributed by atoms with Crippen LogP contribution in [0.15, 0.2) is 188 Å². The quantitative estimate of drug-likeness (QED) is 0.184. The summed E-state index contributed by atoms with van der Waals surface area (Å²) < 4.78 is 0. The van der Waals surface area contributed by atoms with Gasteiger partial charge in [-0.15, -0.1) is 0 Å². The average molecular weight is 698 g/mol. The molecule has 0 aliphatic heterocycles. The molecule has 3 heteroatoms. The van der Waals surface area contributed by atoms with E-state index >= 15 is 0 Å². The number of nitrogens with zero attached hydrogens (tertiary/aromatic N) is 3. The van der Waals surface area contributed by atoms with Gasteiger partial charge in [0.15, 0.2) is 17.5 Å². The molecule has 1 heterocycles. The third-order valence-corrected chi connectivity index (χ3v) is 11.9. The fraction of sp³-hybridized carbons (Fsp3) is 0.0192. The molecule has 0 atom stereocenters. The molecule has 0 fully saturated rings. The van der Waals surface area contributed by atoms with Crippen LogP contribution in [0.2, 0.25) is 0 Å². The highest BCUT2D eigenvalue weighted by Crippen LogP contribution is 2.64. The van der Waals surface area contributed by atoms with Crippen molar-refractivity contribution in [3.05, 3.63) is 210 Å². The highest BCUT2D eigenvalue weighted by Gasteiger charge is 2.52. The topological polar surface area (TPSA) is 38.7 Å². The van der Waals surface area contributed by atoms with Crippen LogP contribution in [0, 0.1) is 0 Å². The molecule has 0 unspecified atom stereocenters. The van der Waals surface area contributed by atoms with Gasteiger partial charge in [0.1, 0.15) is 0 Å². The summed E-state index contributed by atoms with van der Waals surface area (Å²) in [4.78, 5) is 16.0. The lowest BCUT2D eigenvalue weighted by Gasteiger charge is -2.31. The first-order valence-electron chi connectivity index (χ1n) is 18.9. The van der Waals surface area contributed by atoms with E-state index in [0.29, 0.717) is 17.5 Å². The fourth-order valence-corrected chi connectivity index (χ4v) is 9.55. The van der Waals surface area contributed by atoms with Crippen molar-refractivity contribution in [1.82, 2.24) is 15.0 Å². The molecule has 2 aliphatic rings. The Hall–Kier alpha value is -7.23. The van der Waals surface area contributed by atoms with Gasteiger partial charge in [-0.25, -0.2) is 15.0 Å². The molecule has 0 bridgehead atoms. The molecule has 0 N–H and O–H groups in total. The summed E-state index contributed by atoms with van der Waals surface area (Å²) in [6.07, 6.45) is 0. The maximum Gasteiger partial charge on any atom is 0.164 e. The molecule has 3 nitrogen and oxygen atoms in total. The molecule has 0 radical (unpaired) electrons. The first-order chi connectivity index (χ1) is 27.3. The first kappa shape index (κ1) is 30.3. The van der Waals surface area contributed by atoms with Crippen molar-refractivity contribution in [3.8, 4) is 56.4 Å². The minimum Gasteiger partial charge on any atom is -0.208 e. The molecule has 10 aromatic rings. The molecule has 55 heavy (non-hydrogen) atoms. The van der Waals surface area contributed by atoms with Gasteiger partial charge in [-0.1, -0.05) is 170 Å². The van der Waals surface area contributed by atoms with Gasteiger partial charge < -0.3 is 0 Å². The van der Waals surface area contributed by atoms with Crippen LogP contribution in [0.4, 0.5) is 0 Å². The average Bonchev–Trinajstić information content (AvgIpc) is 3.73. The minimum atomic E-state index is -0.493. The van der Waals surface area contributed by atoms with Crippen molar-refractivity contribution in [2.45, 2.75) is 5.41 Å². The number of hydrogen-bond acceptors (Lipinski definition) is 3. The van der Waals surface area contributed by atoms with Gasteiger partial charge in [-0.2, -0.15) is 0 Å². The molecule has 0 saturated heterocycles. The highest BCUT2D eigenvalue weighted by atomic mass is 15.0. The van der Waals surface area contributed by atoms with E-state index in [4.69, 9.17) is 15.0 Å². The van der Waals surface area contributed by atoms with Crippen LogP contribution in [0.1, 0.15) is 22.3 Å². The Morgan fingerprint density at radius 2 is 0.727 bits per heavy atom. The Morgan fingerprint density at radius 3 is 1.31 bits per heavy atom. The molecule has 0 saturated carbocycles. The van der Waals surface area contributed by atoms with E-state index in [-0.39, 0.29) is 0 Å². The van der Waals surface area contributed by atoms with E-state index in [1.54, 1.807) is 0 Å². The van der Waals surface area contributed by atoms with E-state index in [9.17, 15) is 0 Å². The second-order valence-electron chi connectivity index (χ2n) is 14.7. The fourth-order valence-electron chi connectivity index (χ4n) is 9.55. The van der Waals surface area contributed by atoms with Crippen molar-refractivity contribution < 1.29 is 0 Å². The minimum absolute atomic E-state index is 0.493. The number of benzene rings is 9. The van der Waals surface area contributed by atoms with E-state index in [2.05, 4.69) is 188 Å². The lowest BCUT2D eigenvalue weighted by molar-refractivity contribution is 0.794. The molecular formula is C52H31N3. The van der Waals surface area contributed by atoms with Gasteiger partial charge in [0, 0.05) is 16.7 Å². The molecule has 9 aromatic carbocycles. The Kier molecular flexibility index (Phi) is 6.26. The number of rotatable bonds is 3. The lowest BCUT2D eigenvalue weighted by Crippen LogP contribution is -2.26. The largest absolute Gasteiger partial charge is 0.208 e. The summed E-state index contributed by atoms with van der Waals surface area (Å²) in [6, 6.07) is 68.0. The molecule has 12 rings (SSSR count). The van der Waals surface area contributed by atoms with Crippen LogP contribution in [0.5, 0.6) is 0 Å². The zero-order valence-electron chi connectivity index (χ0n) is 29.7. The van der Waals surface area contributed by atoms with Crippen LogP contribution in [0.25, 0.3) is 88.7 Å². The summed E-state index contributed by atoms with van der Waals surface area (Å²) in [5.74, 6) is 1.96. The van der Waals surface area contributed by atoms with Gasteiger partial charge in [0.2, 0.25) is 0 Å². The van der Waals surface area contributed by atoms with Crippen molar-refractivity contribution in [2.24, 2.45) is 0 Å². The number of hydrogen-bond donors (Lipinski definition) is 0. The van der Waals surface area contributed by atoms with E-state index in [1.807, 2.05) is 0 Å². The van der Waals surface area contributed by atoms with Crippen LogP contribution < -0.4 is 0 Å². The van der Waals surface area contributed by atoms with Crippen molar-refractivity contribution >= 4 is 32.3 Å². The lowest BCUT2D eigenvalue weighted by atomic mass is 9.70. The highest BCUT2D eigenvalue weighted by molar-refractivity contribution is 6.11. The van der Waals surface area contributed by atoms with Crippen molar-refractivity contribution in [1.29, 1.82) is 0 Å². The Balaban J connectivity index is 1.18. The monoisotopic (exact) mass is 697 g/mol.